The van der Waals surface area contributed by atoms with E-state index in [1.54, 1.807) is 31.6 Å². The van der Waals surface area contributed by atoms with Crippen molar-refractivity contribution in [2.24, 2.45) is 11.8 Å². The number of anilines is 1. The Balaban J connectivity index is 1.67. The minimum absolute atomic E-state index is 0.0236. The lowest BCUT2D eigenvalue weighted by Crippen LogP contribution is -2.48. The summed E-state index contributed by atoms with van der Waals surface area (Å²) in [6.07, 6.45) is 3.45. The first-order valence-corrected chi connectivity index (χ1v) is 8.38. The van der Waals surface area contributed by atoms with Crippen LogP contribution in [0.2, 0.25) is 0 Å². The number of nitrogens with one attached hydrogen (secondary N) is 2. The fourth-order valence-electron chi connectivity index (χ4n) is 2.64. The first-order valence-electron chi connectivity index (χ1n) is 8.38. The van der Waals surface area contributed by atoms with E-state index in [1.807, 2.05) is 25.1 Å². The number of rotatable bonds is 7. The number of carbonyl (C=O) groups is 1. The first-order chi connectivity index (χ1) is 12.2. The molecule has 1 unspecified atom stereocenters. The molecule has 1 aromatic carbocycles. The number of hydrogen-bond acceptors (Lipinski definition) is 5. The van der Waals surface area contributed by atoms with Gasteiger partial charge in [-0.25, -0.2) is 0 Å². The predicted octanol–water partition coefficient (Wildman–Crippen LogP) is 2.46. The molecular formula is C19H23N3O3. The van der Waals surface area contributed by atoms with Gasteiger partial charge in [0.15, 0.2) is 11.5 Å². The van der Waals surface area contributed by atoms with Gasteiger partial charge in [0.05, 0.1) is 7.11 Å². The Hall–Kier alpha value is -2.60. The van der Waals surface area contributed by atoms with Crippen molar-refractivity contribution in [2.45, 2.75) is 13.5 Å². The molecule has 6 nitrogen and oxygen atoms in total. The molecule has 0 radical (unpaired) electrons. The summed E-state index contributed by atoms with van der Waals surface area (Å²) in [5, 5.41) is 6.16. The Morgan fingerprint density at radius 2 is 2.04 bits per heavy atom. The summed E-state index contributed by atoms with van der Waals surface area (Å²) in [5.41, 5.74) is 1.72. The monoisotopic (exact) mass is 341 g/mol. The van der Waals surface area contributed by atoms with Gasteiger partial charge in [0, 0.05) is 30.1 Å². The Labute approximate surface area is 147 Å². The van der Waals surface area contributed by atoms with Crippen LogP contribution in [0.4, 0.5) is 5.69 Å². The number of amides is 1. The Morgan fingerprint density at radius 1 is 1.28 bits per heavy atom. The van der Waals surface area contributed by atoms with Gasteiger partial charge in [-0.2, -0.15) is 0 Å². The van der Waals surface area contributed by atoms with Crippen LogP contribution in [0.5, 0.6) is 11.5 Å². The van der Waals surface area contributed by atoms with Crippen LogP contribution in [0.3, 0.4) is 0 Å². The van der Waals surface area contributed by atoms with E-state index in [1.165, 1.54) is 0 Å². The van der Waals surface area contributed by atoms with Crippen LogP contribution >= 0.6 is 0 Å². The molecule has 3 rings (SSSR count). The Morgan fingerprint density at radius 3 is 2.68 bits per heavy atom. The van der Waals surface area contributed by atoms with Crippen LogP contribution in [-0.2, 0) is 11.4 Å². The molecule has 0 bridgehead atoms. The van der Waals surface area contributed by atoms with Gasteiger partial charge in [-0.1, -0.05) is 6.92 Å². The van der Waals surface area contributed by atoms with Gasteiger partial charge >= 0.3 is 0 Å². The van der Waals surface area contributed by atoms with Crippen molar-refractivity contribution in [1.82, 2.24) is 10.3 Å². The lowest BCUT2D eigenvalue weighted by molar-refractivity contribution is -0.121. The van der Waals surface area contributed by atoms with E-state index in [4.69, 9.17) is 9.47 Å². The molecule has 132 valence electrons. The quantitative estimate of drug-likeness (QED) is 0.809. The maximum atomic E-state index is 12.4. The molecule has 25 heavy (non-hydrogen) atoms. The van der Waals surface area contributed by atoms with Gasteiger partial charge in [0.2, 0.25) is 5.91 Å². The summed E-state index contributed by atoms with van der Waals surface area (Å²) in [6, 6.07) is 9.21. The molecule has 1 amide bonds. The normalized spacial score (nSPS) is 15.1. The summed E-state index contributed by atoms with van der Waals surface area (Å²) in [7, 11) is 1.60. The molecule has 1 atom stereocenters. The maximum Gasteiger partial charge on any atom is 0.227 e. The molecule has 2 N–H and O–H groups in total. The number of hydrogen-bond donors (Lipinski definition) is 2. The predicted molar refractivity (Wildman–Crippen MR) is 95.7 cm³/mol. The lowest BCUT2D eigenvalue weighted by atomic mass is 9.88. The average molecular weight is 341 g/mol. The molecule has 1 aliphatic heterocycles. The van der Waals surface area contributed by atoms with Crippen LogP contribution in [0.1, 0.15) is 12.5 Å². The van der Waals surface area contributed by atoms with Gasteiger partial charge in [-0.3, -0.25) is 9.78 Å². The number of methoxy groups -OCH3 is 1. The second kappa shape index (κ2) is 7.98. The number of benzene rings is 1. The van der Waals surface area contributed by atoms with Gasteiger partial charge in [0.25, 0.3) is 0 Å². The third kappa shape index (κ3) is 4.28. The molecule has 0 aliphatic carbocycles. The zero-order valence-electron chi connectivity index (χ0n) is 14.5. The van der Waals surface area contributed by atoms with E-state index < -0.39 is 0 Å². The smallest absolute Gasteiger partial charge is 0.227 e. The molecule has 1 aliphatic rings. The van der Waals surface area contributed by atoms with Gasteiger partial charge in [-0.15, -0.1) is 0 Å². The molecule has 6 heteroatoms. The molecular weight excluding hydrogens is 318 g/mol. The largest absolute Gasteiger partial charge is 0.493 e. The van der Waals surface area contributed by atoms with E-state index in [-0.39, 0.29) is 11.8 Å². The van der Waals surface area contributed by atoms with Crippen LogP contribution in [0.15, 0.2) is 42.7 Å². The zero-order chi connectivity index (χ0) is 17.6. The van der Waals surface area contributed by atoms with Crippen molar-refractivity contribution in [1.29, 1.82) is 0 Å². The minimum atomic E-state index is -0.0236. The van der Waals surface area contributed by atoms with E-state index in [2.05, 4.69) is 15.6 Å². The number of nitrogens with zero attached hydrogens (tertiary/aromatic N) is 1. The maximum absolute atomic E-state index is 12.4. The third-order valence-corrected chi connectivity index (χ3v) is 4.51. The summed E-state index contributed by atoms with van der Waals surface area (Å²) >= 11 is 0. The van der Waals surface area contributed by atoms with Gasteiger partial charge < -0.3 is 20.1 Å². The molecule has 2 aromatic rings. The topological polar surface area (TPSA) is 72.5 Å². The second-order valence-corrected chi connectivity index (χ2v) is 6.21. The number of ether oxygens (including phenoxy) is 2. The van der Waals surface area contributed by atoms with Crippen LogP contribution < -0.4 is 20.1 Å². The minimum Gasteiger partial charge on any atom is -0.493 e. The first kappa shape index (κ1) is 17.2. The van der Waals surface area contributed by atoms with Crippen molar-refractivity contribution in [2.75, 3.05) is 25.5 Å². The van der Waals surface area contributed by atoms with E-state index in [9.17, 15) is 4.79 Å². The fraction of sp³-hybridized carbons (Fsp3) is 0.368. The highest BCUT2D eigenvalue weighted by Crippen LogP contribution is 2.31. The van der Waals surface area contributed by atoms with Crippen LogP contribution in [-0.4, -0.2) is 31.1 Å². The summed E-state index contributed by atoms with van der Waals surface area (Å²) in [5.74, 6) is 1.63. The summed E-state index contributed by atoms with van der Waals surface area (Å²) < 4.78 is 11.2. The molecule has 1 fully saturated rings. The zero-order valence-corrected chi connectivity index (χ0v) is 14.5. The third-order valence-electron chi connectivity index (χ3n) is 4.51. The number of carbonyl (C=O) groups excluding carboxylic acids is 1. The summed E-state index contributed by atoms with van der Waals surface area (Å²) in [4.78, 5) is 16.4. The molecule has 0 spiro atoms. The highest BCUT2D eigenvalue weighted by Gasteiger charge is 2.28. The molecule has 1 saturated heterocycles. The van der Waals surface area contributed by atoms with Crippen molar-refractivity contribution in [3.63, 3.8) is 0 Å². The van der Waals surface area contributed by atoms with Crippen molar-refractivity contribution >= 4 is 11.6 Å². The van der Waals surface area contributed by atoms with E-state index in [0.29, 0.717) is 29.7 Å². The van der Waals surface area contributed by atoms with Crippen molar-refractivity contribution in [3.05, 3.63) is 48.3 Å². The Kier molecular flexibility index (Phi) is 5.50. The van der Waals surface area contributed by atoms with Gasteiger partial charge in [-0.05, 0) is 48.8 Å². The van der Waals surface area contributed by atoms with E-state index >= 15 is 0 Å². The van der Waals surface area contributed by atoms with Crippen molar-refractivity contribution < 1.29 is 14.3 Å². The highest BCUT2D eigenvalue weighted by molar-refractivity contribution is 5.93. The van der Waals surface area contributed by atoms with Gasteiger partial charge in [0.1, 0.15) is 6.61 Å². The molecule has 2 heterocycles. The number of pyridine rings is 1. The molecule has 1 aromatic heterocycles. The second-order valence-electron chi connectivity index (χ2n) is 6.21. The SMILES string of the molecule is COc1ccc(NC(=O)C(C)C2CNC2)cc1OCc1ccncc1. The highest BCUT2D eigenvalue weighted by atomic mass is 16.5. The summed E-state index contributed by atoms with van der Waals surface area (Å²) in [6.45, 7) is 4.17. The van der Waals surface area contributed by atoms with Crippen molar-refractivity contribution in [3.8, 4) is 11.5 Å². The van der Waals surface area contributed by atoms with Crippen LogP contribution in [0, 0.1) is 11.8 Å². The molecule has 0 saturated carbocycles. The van der Waals surface area contributed by atoms with Crippen LogP contribution in [0.25, 0.3) is 0 Å². The fourth-order valence-corrected chi connectivity index (χ4v) is 2.64. The Bertz CT molecular complexity index is 717. The lowest BCUT2D eigenvalue weighted by Gasteiger charge is -2.31. The number of aromatic nitrogens is 1. The van der Waals surface area contributed by atoms with E-state index in [0.717, 1.165) is 18.7 Å². The standard InChI is InChI=1S/C19H23N3O3/c1-13(15-10-21-11-15)19(23)22-16-3-4-17(24-2)18(9-16)25-12-14-5-7-20-8-6-14/h3-9,13,15,21H,10-12H2,1-2H3,(H,22,23). The average Bonchev–Trinajstić information content (AvgIpc) is 2.59.